The van der Waals surface area contributed by atoms with Crippen LogP contribution in [0.1, 0.15) is 74.1 Å². The maximum absolute atomic E-state index is 3.78. The van der Waals surface area contributed by atoms with Gasteiger partial charge in [0, 0.05) is 16.0 Å². The van der Waals surface area contributed by atoms with Crippen molar-refractivity contribution in [3.8, 4) is 0 Å². The Balaban J connectivity index is 0. The van der Waals surface area contributed by atoms with Crippen molar-refractivity contribution in [2.75, 3.05) is 13.6 Å². The van der Waals surface area contributed by atoms with Crippen LogP contribution < -0.4 is 0 Å². The summed E-state index contributed by atoms with van der Waals surface area (Å²) in [6, 6.07) is 0.768. The van der Waals surface area contributed by atoms with Crippen molar-refractivity contribution >= 4 is 22.6 Å². The van der Waals surface area contributed by atoms with Crippen LogP contribution in [0.5, 0.6) is 0 Å². The summed E-state index contributed by atoms with van der Waals surface area (Å²) in [6.45, 7) is 19.8. The molecule has 1 nitrogen and oxygen atoms in total. The van der Waals surface area contributed by atoms with E-state index in [-0.39, 0.29) is 0 Å². The van der Waals surface area contributed by atoms with Crippen LogP contribution >= 0.6 is 22.6 Å². The van der Waals surface area contributed by atoms with Gasteiger partial charge in [-0.3, -0.25) is 4.90 Å². The fraction of sp³-hybridized carbons (Fsp3) is 0.727. The summed E-state index contributed by atoms with van der Waals surface area (Å²) in [4.78, 5) is 2.50. The number of halogens is 1. The highest BCUT2D eigenvalue weighted by Gasteiger charge is 2.21. The van der Waals surface area contributed by atoms with Crippen molar-refractivity contribution in [3.05, 3.63) is 36.5 Å². The van der Waals surface area contributed by atoms with E-state index in [1.54, 1.807) is 0 Å². The minimum absolute atomic E-state index is 0.470. The van der Waals surface area contributed by atoms with Gasteiger partial charge < -0.3 is 0 Å². The zero-order chi connectivity index (χ0) is 19.2. The molecule has 24 heavy (non-hydrogen) atoms. The van der Waals surface area contributed by atoms with E-state index in [1.807, 2.05) is 19.9 Å². The molecule has 0 radical (unpaired) electrons. The fourth-order valence-corrected chi connectivity index (χ4v) is 2.63. The van der Waals surface area contributed by atoms with Gasteiger partial charge >= 0.3 is 0 Å². The minimum atomic E-state index is 0.470. The number of nitrogens with zero attached hydrogens (tertiary/aromatic N) is 1. The number of alkyl halides is 1. The average molecular weight is 447 g/mol. The number of hydrogen-bond donors (Lipinski definition) is 0. The minimum Gasteiger partial charge on any atom is -0.299 e. The second kappa shape index (κ2) is 15.2. The SMILES string of the molecule is C=C/C=C(\C=C/C)CN(C)C1CCC(C)CC1.CC.CC(C)(C)I. The highest BCUT2D eigenvalue weighted by atomic mass is 127. The zero-order valence-corrected chi connectivity index (χ0v) is 19.7. The summed E-state index contributed by atoms with van der Waals surface area (Å²) in [6.07, 6.45) is 13.8. The molecule has 0 saturated heterocycles. The molecule has 0 bridgehead atoms. The summed E-state index contributed by atoms with van der Waals surface area (Å²) >= 11 is 2.38. The van der Waals surface area contributed by atoms with Crippen molar-refractivity contribution in [2.45, 2.75) is 83.6 Å². The van der Waals surface area contributed by atoms with Crippen molar-refractivity contribution < 1.29 is 0 Å². The van der Waals surface area contributed by atoms with Gasteiger partial charge in [0.1, 0.15) is 0 Å². The molecular formula is C22H42IN. The molecule has 0 atom stereocenters. The highest BCUT2D eigenvalue weighted by Crippen LogP contribution is 2.26. The average Bonchev–Trinajstić information content (AvgIpc) is 2.49. The van der Waals surface area contributed by atoms with E-state index in [0.29, 0.717) is 3.42 Å². The summed E-state index contributed by atoms with van der Waals surface area (Å²) in [5.74, 6) is 0.929. The predicted molar refractivity (Wildman–Crippen MR) is 122 cm³/mol. The van der Waals surface area contributed by atoms with Gasteiger partial charge in [0.05, 0.1) is 0 Å². The van der Waals surface area contributed by atoms with Crippen molar-refractivity contribution in [2.24, 2.45) is 5.92 Å². The van der Waals surface area contributed by atoms with Crippen LogP contribution in [0.3, 0.4) is 0 Å². The topological polar surface area (TPSA) is 3.24 Å². The number of allylic oxidation sites excluding steroid dienone is 3. The van der Waals surface area contributed by atoms with Gasteiger partial charge in [-0.2, -0.15) is 0 Å². The van der Waals surface area contributed by atoms with Crippen LogP contribution in [0.25, 0.3) is 0 Å². The molecule has 0 aromatic heterocycles. The van der Waals surface area contributed by atoms with Crippen LogP contribution in [0.2, 0.25) is 0 Å². The van der Waals surface area contributed by atoms with Gasteiger partial charge in [-0.05, 0) is 51.1 Å². The van der Waals surface area contributed by atoms with E-state index >= 15 is 0 Å². The van der Waals surface area contributed by atoms with Gasteiger partial charge in [0.2, 0.25) is 0 Å². The summed E-state index contributed by atoms with van der Waals surface area (Å²) in [5.41, 5.74) is 1.35. The Kier molecular flexibility index (Phi) is 16.5. The first-order valence-electron chi connectivity index (χ1n) is 9.50. The van der Waals surface area contributed by atoms with Crippen LogP contribution in [0.15, 0.2) is 36.5 Å². The quantitative estimate of drug-likeness (QED) is 0.241. The Hall–Kier alpha value is -0.0900. The van der Waals surface area contributed by atoms with Crippen LogP contribution in [0, 0.1) is 5.92 Å². The largest absolute Gasteiger partial charge is 0.299 e. The number of likely N-dealkylation sites (N-methyl/N-ethyl adjacent to an activating group) is 1. The lowest BCUT2D eigenvalue weighted by Gasteiger charge is -2.33. The van der Waals surface area contributed by atoms with Gasteiger partial charge in [0.15, 0.2) is 0 Å². The smallest absolute Gasteiger partial charge is 0.0233 e. The molecule has 0 unspecified atom stereocenters. The number of hydrogen-bond acceptors (Lipinski definition) is 1. The van der Waals surface area contributed by atoms with Gasteiger partial charge in [-0.25, -0.2) is 0 Å². The van der Waals surface area contributed by atoms with Crippen LogP contribution in [-0.4, -0.2) is 28.0 Å². The van der Waals surface area contributed by atoms with E-state index in [9.17, 15) is 0 Å². The van der Waals surface area contributed by atoms with Crippen LogP contribution in [0.4, 0.5) is 0 Å². The van der Waals surface area contributed by atoms with Gasteiger partial charge in [-0.1, -0.05) is 95.0 Å². The van der Waals surface area contributed by atoms with Crippen molar-refractivity contribution in [3.63, 3.8) is 0 Å². The molecule has 0 aliphatic heterocycles. The molecule has 0 N–H and O–H groups in total. The lowest BCUT2D eigenvalue weighted by Crippen LogP contribution is -2.35. The molecule has 2 heteroatoms. The first-order chi connectivity index (χ1) is 11.2. The molecule has 1 aliphatic rings. The molecule has 1 fully saturated rings. The summed E-state index contributed by atoms with van der Waals surface area (Å²) < 4.78 is 0.470. The fourth-order valence-electron chi connectivity index (χ4n) is 2.63. The van der Waals surface area contributed by atoms with E-state index in [4.69, 9.17) is 0 Å². The Morgan fingerprint density at radius 1 is 1.17 bits per heavy atom. The Morgan fingerprint density at radius 3 is 2.00 bits per heavy atom. The van der Waals surface area contributed by atoms with Gasteiger partial charge in [0.25, 0.3) is 0 Å². The third-order valence-electron chi connectivity index (χ3n) is 3.75. The number of rotatable bonds is 5. The van der Waals surface area contributed by atoms with Crippen molar-refractivity contribution in [1.29, 1.82) is 0 Å². The monoisotopic (exact) mass is 447 g/mol. The normalized spacial score (nSPS) is 21.7. The van der Waals surface area contributed by atoms with E-state index in [2.05, 4.69) is 94.0 Å². The second-order valence-electron chi connectivity index (χ2n) is 7.37. The van der Waals surface area contributed by atoms with E-state index in [1.165, 1.54) is 31.3 Å². The molecule has 1 rings (SSSR count). The third-order valence-corrected chi connectivity index (χ3v) is 3.75. The molecule has 0 aromatic rings. The lowest BCUT2D eigenvalue weighted by atomic mass is 9.86. The van der Waals surface area contributed by atoms with Crippen molar-refractivity contribution in [1.82, 2.24) is 4.90 Å². The Bertz CT molecular complexity index is 349. The molecule has 0 spiro atoms. The first-order valence-corrected chi connectivity index (χ1v) is 10.6. The maximum atomic E-state index is 3.78. The standard InChI is InChI=1S/C16H27N.C4H9I.C2H6/c1-5-7-15(8-6-2)13-17(4)16-11-9-14(3)10-12-16;1-4(2,3)5;1-2/h5-8,14,16H,1,9-13H2,2-4H3;1-3H3;1-2H3/b8-6-,15-7+;;. The first kappa shape index (κ1) is 26.1. The van der Waals surface area contributed by atoms with Gasteiger partial charge in [-0.15, -0.1) is 0 Å². The van der Waals surface area contributed by atoms with E-state index in [0.717, 1.165) is 18.5 Å². The Morgan fingerprint density at radius 2 is 1.62 bits per heavy atom. The predicted octanol–water partition coefficient (Wildman–Crippen LogP) is 7.43. The lowest BCUT2D eigenvalue weighted by molar-refractivity contribution is 0.182. The molecule has 0 heterocycles. The molecule has 0 aromatic carbocycles. The molecule has 1 saturated carbocycles. The molecule has 142 valence electrons. The molecule has 0 amide bonds. The van der Waals surface area contributed by atoms with Crippen LogP contribution in [-0.2, 0) is 0 Å². The maximum Gasteiger partial charge on any atom is 0.0233 e. The molecular weight excluding hydrogens is 405 g/mol. The van der Waals surface area contributed by atoms with E-state index < -0.39 is 0 Å². The zero-order valence-electron chi connectivity index (χ0n) is 17.5. The molecule has 1 aliphatic carbocycles. The summed E-state index contributed by atoms with van der Waals surface area (Å²) in [5, 5.41) is 0. The highest BCUT2D eigenvalue weighted by molar-refractivity contribution is 14.1. The third kappa shape index (κ3) is 16.8. The Labute approximate surface area is 166 Å². The second-order valence-corrected chi connectivity index (χ2v) is 10.6. The summed E-state index contributed by atoms with van der Waals surface area (Å²) in [7, 11) is 2.25.